The van der Waals surface area contributed by atoms with Crippen molar-refractivity contribution in [2.45, 2.75) is 19.1 Å². The molecule has 2 N–H and O–H groups in total. The molecule has 0 aliphatic carbocycles. The number of urea groups is 1. The van der Waals surface area contributed by atoms with Gasteiger partial charge in [-0.15, -0.1) is 0 Å². The van der Waals surface area contributed by atoms with Crippen molar-refractivity contribution in [1.82, 2.24) is 4.90 Å². The van der Waals surface area contributed by atoms with E-state index in [-0.39, 0.29) is 12.3 Å². The molecule has 4 nitrogen and oxygen atoms in total. The number of carbonyl (C=O) groups excluding carboxylic acids is 1. The first-order valence-corrected chi connectivity index (χ1v) is 5.57. The molecule has 106 valence electrons. The van der Waals surface area contributed by atoms with E-state index >= 15 is 0 Å². The number of amides is 2. The maximum Gasteiger partial charge on any atom is 0.416 e. The van der Waals surface area contributed by atoms with E-state index in [9.17, 15) is 18.0 Å². The molecule has 0 spiro atoms. The van der Waals surface area contributed by atoms with Crippen LogP contribution in [0.2, 0.25) is 0 Å². The summed E-state index contributed by atoms with van der Waals surface area (Å²) in [4.78, 5) is 12.9. The van der Waals surface area contributed by atoms with Crippen molar-refractivity contribution < 1.29 is 23.1 Å². The molecule has 0 aliphatic rings. The molecular weight excluding hydrogens is 261 g/mol. The van der Waals surface area contributed by atoms with E-state index < -0.39 is 23.8 Å². The SMILES string of the molecule is CC(CO)N(C)C(=O)Nc1cccc(C(F)(F)F)c1. The van der Waals surface area contributed by atoms with Gasteiger partial charge >= 0.3 is 12.2 Å². The average molecular weight is 276 g/mol. The third-order valence-electron chi connectivity index (χ3n) is 2.69. The fraction of sp³-hybridized carbons (Fsp3) is 0.417. The van der Waals surface area contributed by atoms with Crippen molar-refractivity contribution in [2.24, 2.45) is 0 Å². The van der Waals surface area contributed by atoms with Gasteiger partial charge in [-0.25, -0.2) is 4.79 Å². The molecule has 0 radical (unpaired) electrons. The predicted octanol–water partition coefficient (Wildman–Crippen LogP) is 2.55. The summed E-state index contributed by atoms with van der Waals surface area (Å²) in [6.45, 7) is 1.39. The average Bonchev–Trinajstić information content (AvgIpc) is 2.36. The highest BCUT2D eigenvalue weighted by Crippen LogP contribution is 2.30. The van der Waals surface area contributed by atoms with Gasteiger partial charge in [-0.2, -0.15) is 13.2 Å². The van der Waals surface area contributed by atoms with E-state index in [2.05, 4.69) is 5.32 Å². The zero-order chi connectivity index (χ0) is 14.6. The van der Waals surface area contributed by atoms with E-state index in [1.165, 1.54) is 24.1 Å². The Morgan fingerprint density at radius 2 is 2.11 bits per heavy atom. The highest BCUT2D eigenvalue weighted by Gasteiger charge is 2.30. The summed E-state index contributed by atoms with van der Waals surface area (Å²) in [5.41, 5.74) is -0.778. The number of alkyl halides is 3. The van der Waals surface area contributed by atoms with Crippen molar-refractivity contribution in [3.8, 4) is 0 Å². The lowest BCUT2D eigenvalue weighted by molar-refractivity contribution is -0.137. The smallest absolute Gasteiger partial charge is 0.394 e. The molecule has 0 bridgehead atoms. The van der Waals surface area contributed by atoms with E-state index in [0.29, 0.717) is 0 Å². The number of anilines is 1. The normalized spacial score (nSPS) is 12.9. The van der Waals surface area contributed by atoms with Crippen LogP contribution in [-0.2, 0) is 6.18 Å². The van der Waals surface area contributed by atoms with Crippen molar-refractivity contribution in [3.05, 3.63) is 29.8 Å². The second kappa shape index (κ2) is 5.92. The van der Waals surface area contributed by atoms with Crippen LogP contribution in [0.15, 0.2) is 24.3 Å². The second-order valence-electron chi connectivity index (χ2n) is 4.15. The Morgan fingerprint density at radius 1 is 1.47 bits per heavy atom. The van der Waals surface area contributed by atoms with Crippen LogP contribution in [0.1, 0.15) is 12.5 Å². The number of aliphatic hydroxyl groups is 1. The number of rotatable bonds is 3. The summed E-state index contributed by atoms with van der Waals surface area (Å²) >= 11 is 0. The molecule has 0 aromatic heterocycles. The summed E-state index contributed by atoms with van der Waals surface area (Å²) < 4.78 is 37.5. The molecule has 1 aromatic rings. The third kappa shape index (κ3) is 4.13. The lowest BCUT2D eigenvalue weighted by Crippen LogP contribution is -2.40. The monoisotopic (exact) mass is 276 g/mol. The number of nitrogens with zero attached hydrogens (tertiary/aromatic N) is 1. The Balaban J connectivity index is 2.80. The van der Waals surface area contributed by atoms with Crippen LogP contribution in [-0.4, -0.2) is 35.7 Å². The van der Waals surface area contributed by atoms with Gasteiger partial charge in [0.2, 0.25) is 0 Å². The standard InChI is InChI=1S/C12H15F3N2O2/c1-8(7-18)17(2)11(19)16-10-5-3-4-9(6-10)12(13,14)15/h3-6,8,18H,7H2,1-2H3,(H,16,19). The Labute approximate surface area is 108 Å². The van der Waals surface area contributed by atoms with E-state index in [1.54, 1.807) is 6.92 Å². The molecule has 7 heteroatoms. The number of hydrogen-bond donors (Lipinski definition) is 2. The Kier molecular flexibility index (Phi) is 4.77. The van der Waals surface area contributed by atoms with Crippen LogP contribution in [0.4, 0.5) is 23.7 Å². The van der Waals surface area contributed by atoms with Gasteiger partial charge in [0.15, 0.2) is 0 Å². The second-order valence-corrected chi connectivity index (χ2v) is 4.15. The van der Waals surface area contributed by atoms with Crippen molar-refractivity contribution >= 4 is 11.7 Å². The van der Waals surface area contributed by atoms with Crippen LogP contribution in [0.3, 0.4) is 0 Å². The first-order valence-electron chi connectivity index (χ1n) is 5.57. The summed E-state index contributed by atoms with van der Waals surface area (Å²) in [6.07, 6.45) is -4.45. The minimum Gasteiger partial charge on any atom is -0.394 e. The molecule has 1 atom stereocenters. The molecular formula is C12H15F3N2O2. The fourth-order valence-corrected chi connectivity index (χ4v) is 1.31. The molecule has 1 unspecified atom stereocenters. The number of halogens is 3. The molecule has 0 aliphatic heterocycles. The maximum absolute atomic E-state index is 12.5. The minimum absolute atomic E-state index is 0.0526. The first kappa shape index (κ1) is 15.3. The summed E-state index contributed by atoms with van der Waals surface area (Å²) in [6, 6.07) is 3.36. The molecule has 19 heavy (non-hydrogen) atoms. The quantitative estimate of drug-likeness (QED) is 0.891. The Hall–Kier alpha value is -1.76. The van der Waals surface area contributed by atoms with Gasteiger partial charge < -0.3 is 15.3 Å². The lowest BCUT2D eigenvalue weighted by atomic mass is 10.2. The fourth-order valence-electron chi connectivity index (χ4n) is 1.31. The maximum atomic E-state index is 12.5. The number of likely N-dealkylation sites (N-methyl/N-ethyl adjacent to an activating group) is 1. The third-order valence-corrected chi connectivity index (χ3v) is 2.69. The molecule has 1 rings (SSSR count). The van der Waals surface area contributed by atoms with Crippen LogP contribution in [0, 0.1) is 0 Å². The number of aliphatic hydroxyl groups excluding tert-OH is 1. The number of nitrogens with one attached hydrogen (secondary N) is 1. The van der Waals surface area contributed by atoms with E-state index in [4.69, 9.17) is 5.11 Å². The lowest BCUT2D eigenvalue weighted by Gasteiger charge is -2.23. The summed E-state index contributed by atoms with van der Waals surface area (Å²) in [5.74, 6) is 0. The largest absolute Gasteiger partial charge is 0.416 e. The summed E-state index contributed by atoms with van der Waals surface area (Å²) in [5, 5.41) is 11.2. The van der Waals surface area contributed by atoms with Crippen LogP contribution in [0.25, 0.3) is 0 Å². The van der Waals surface area contributed by atoms with Crippen LogP contribution in [0.5, 0.6) is 0 Å². The first-order chi connectivity index (χ1) is 8.75. The van der Waals surface area contributed by atoms with Gasteiger partial charge in [-0.05, 0) is 25.1 Å². The van der Waals surface area contributed by atoms with Gasteiger partial charge in [0.25, 0.3) is 0 Å². The van der Waals surface area contributed by atoms with Gasteiger partial charge in [0.1, 0.15) is 0 Å². The molecule has 1 aromatic carbocycles. The Bertz CT molecular complexity index is 449. The van der Waals surface area contributed by atoms with Gasteiger partial charge in [-0.1, -0.05) is 6.07 Å². The van der Waals surface area contributed by atoms with E-state index in [0.717, 1.165) is 12.1 Å². The van der Waals surface area contributed by atoms with E-state index in [1.807, 2.05) is 0 Å². The van der Waals surface area contributed by atoms with Crippen LogP contribution >= 0.6 is 0 Å². The van der Waals surface area contributed by atoms with Gasteiger partial charge in [0.05, 0.1) is 18.2 Å². The van der Waals surface area contributed by atoms with Crippen molar-refractivity contribution in [1.29, 1.82) is 0 Å². The zero-order valence-corrected chi connectivity index (χ0v) is 10.5. The minimum atomic E-state index is -4.45. The topological polar surface area (TPSA) is 52.6 Å². The molecule has 0 heterocycles. The highest BCUT2D eigenvalue weighted by molar-refractivity contribution is 5.89. The Morgan fingerprint density at radius 3 is 2.63 bits per heavy atom. The van der Waals surface area contributed by atoms with Crippen molar-refractivity contribution in [2.75, 3.05) is 19.0 Å². The zero-order valence-electron chi connectivity index (χ0n) is 10.5. The van der Waals surface area contributed by atoms with Gasteiger partial charge in [-0.3, -0.25) is 0 Å². The number of hydrogen-bond acceptors (Lipinski definition) is 2. The number of benzene rings is 1. The summed E-state index contributed by atoms with van der Waals surface area (Å²) in [7, 11) is 1.45. The van der Waals surface area contributed by atoms with Crippen LogP contribution < -0.4 is 5.32 Å². The molecule has 2 amide bonds. The molecule has 0 fully saturated rings. The molecule has 0 saturated carbocycles. The predicted molar refractivity (Wildman–Crippen MR) is 64.8 cm³/mol. The van der Waals surface area contributed by atoms with Crippen molar-refractivity contribution in [3.63, 3.8) is 0 Å². The number of carbonyl (C=O) groups is 1. The van der Waals surface area contributed by atoms with Gasteiger partial charge in [0, 0.05) is 12.7 Å². The molecule has 0 saturated heterocycles. The highest BCUT2D eigenvalue weighted by atomic mass is 19.4.